The highest BCUT2D eigenvalue weighted by molar-refractivity contribution is 7.92. The SMILES string of the molecule is Cc1ccc(Cl)c(NS(=O)(=O)CCCCCl)c1. The molecule has 0 aliphatic carbocycles. The maximum Gasteiger partial charge on any atom is 0.232 e. The van der Waals surface area contributed by atoms with Crippen molar-refractivity contribution in [2.75, 3.05) is 16.4 Å². The van der Waals surface area contributed by atoms with Crippen molar-refractivity contribution >= 4 is 38.9 Å². The van der Waals surface area contributed by atoms with Gasteiger partial charge >= 0.3 is 0 Å². The van der Waals surface area contributed by atoms with E-state index >= 15 is 0 Å². The van der Waals surface area contributed by atoms with E-state index in [1.807, 2.05) is 13.0 Å². The van der Waals surface area contributed by atoms with Crippen molar-refractivity contribution in [3.05, 3.63) is 28.8 Å². The average molecular weight is 296 g/mol. The number of aryl methyl sites for hydroxylation is 1. The Bertz CT molecular complexity index is 474. The number of rotatable bonds is 6. The van der Waals surface area contributed by atoms with E-state index in [0.29, 0.717) is 29.4 Å². The van der Waals surface area contributed by atoms with Crippen molar-refractivity contribution in [1.29, 1.82) is 0 Å². The second-order valence-corrected chi connectivity index (χ2v) is 6.43. The fourth-order valence-electron chi connectivity index (χ4n) is 1.32. The van der Waals surface area contributed by atoms with E-state index in [-0.39, 0.29) is 5.75 Å². The number of benzene rings is 1. The summed E-state index contributed by atoms with van der Waals surface area (Å²) < 4.78 is 25.9. The van der Waals surface area contributed by atoms with Gasteiger partial charge in [-0.15, -0.1) is 11.6 Å². The van der Waals surface area contributed by atoms with Crippen molar-refractivity contribution in [3.63, 3.8) is 0 Å². The van der Waals surface area contributed by atoms with Crippen LogP contribution in [0.15, 0.2) is 18.2 Å². The average Bonchev–Trinajstić information content (AvgIpc) is 2.23. The first-order chi connectivity index (χ1) is 7.94. The third-order valence-corrected chi connectivity index (χ3v) is 4.14. The van der Waals surface area contributed by atoms with Crippen molar-refractivity contribution in [2.45, 2.75) is 19.8 Å². The molecule has 0 fully saturated rings. The van der Waals surface area contributed by atoms with Crippen LogP contribution >= 0.6 is 23.2 Å². The molecule has 3 nitrogen and oxygen atoms in total. The highest BCUT2D eigenvalue weighted by atomic mass is 35.5. The van der Waals surface area contributed by atoms with Gasteiger partial charge < -0.3 is 0 Å². The predicted molar refractivity (Wildman–Crippen MR) is 73.6 cm³/mol. The van der Waals surface area contributed by atoms with Gasteiger partial charge in [-0.1, -0.05) is 17.7 Å². The standard InChI is InChI=1S/C11H15Cl2NO2S/c1-9-4-5-10(13)11(8-9)14-17(15,16)7-3-2-6-12/h4-5,8,14H,2-3,6-7H2,1H3. The minimum Gasteiger partial charge on any atom is -0.282 e. The summed E-state index contributed by atoms with van der Waals surface area (Å²) in [5, 5.41) is 0.400. The lowest BCUT2D eigenvalue weighted by Crippen LogP contribution is -2.17. The molecule has 96 valence electrons. The smallest absolute Gasteiger partial charge is 0.232 e. The molecule has 0 spiro atoms. The van der Waals surface area contributed by atoms with Crippen LogP contribution in [0.2, 0.25) is 5.02 Å². The maximum atomic E-state index is 11.7. The zero-order valence-electron chi connectivity index (χ0n) is 9.54. The number of sulfonamides is 1. The summed E-state index contributed by atoms with van der Waals surface area (Å²) in [6.45, 7) is 1.88. The molecule has 0 radical (unpaired) electrons. The number of nitrogens with one attached hydrogen (secondary N) is 1. The highest BCUT2D eigenvalue weighted by Crippen LogP contribution is 2.23. The topological polar surface area (TPSA) is 46.2 Å². The molecule has 17 heavy (non-hydrogen) atoms. The molecule has 1 rings (SSSR count). The van der Waals surface area contributed by atoms with Gasteiger partial charge in [-0.25, -0.2) is 8.42 Å². The Morgan fingerprint density at radius 3 is 2.65 bits per heavy atom. The third kappa shape index (κ3) is 5.15. The molecule has 6 heteroatoms. The normalized spacial score (nSPS) is 11.5. The van der Waals surface area contributed by atoms with E-state index in [2.05, 4.69) is 4.72 Å². The largest absolute Gasteiger partial charge is 0.282 e. The molecule has 1 N–H and O–H groups in total. The van der Waals surface area contributed by atoms with Crippen LogP contribution in [0, 0.1) is 6.92 Å². The van der Waals surface area contributed by atoms with Crippen LogP contribution in [-0.4, -0.2) is 20.1 Å². The van der Waals surface area contributed by atoms with Gasteiger partial charge in [0.1, 0.15) is 0 Å². The van der Waals surface area contributed by atoms with E-state index in [1.165, 1.54) is 0 Å². The molecule has 1 aromatic carbocycles. The minimum absolute atomic E-state index is 0.0595. The second-order valence-electron chi connectivity index (χ2n) is 3.80. The molecule has 0 saturated carbocycles. The summed E-state index contributed by atoms with van der Waals surface area (Å²) in [4.78, 5) is 0. The lowest BCUT2D eigenvalue weighted by atomic mass is 10.2. The molecule has 0 atom stereocenters. The van der Waals surface area contributed by atoms with Crippen LogP contribution < -0.4 is 4.72 Å². The van der Waals surface area contributed by atoms with Crippen LogP contribution in [0.1, 0.15) is 18.4 Å². The van der Waals surface area contributed by atoms with Gasteiger partial charge in [-0.05, 0) is 37.5 Å². The number of unbranched alkanes of at least 4 members (excludes halogenated alkanes) is 1. The summed E-state index contributed by atoms with van der Waals surface area (Å²) in [6.07, 6.45) is 1.23. The Labute approximate surface area is 112 Å². The van der Waals surface area contributed by atoms with Crippen LogP contribution in [0.4, 0.5) is 5.69 Å². The van der Waals surface area contributed by atoms with Crippen molar-refractivity contribution in [1.82, 2.24) is 0 Å². The van der Waals surface area contributed by atoms with Crippen LogP contribution in [0.3, 0.4) is 0 Å². The molecule has 0 aliphatic rings. The van der Waals surface area contributed by atoms with Gasteiger partial charge in [-0.2, -0.15) is 0 Å². The number of hydrogen-bond acceptors (Lipinski definition) is 2. The molecule has 1 aromatic rings. The molecular formula is C11H15Cl2NO2S. The van der Waals surface area contributed by atoms with Gasteiger partial charge in [0.2, 0.25) is 10.0 Å². The first-order valence-electron chi connectivity index (χ1n) is 5.27. The number of halogens is 2. The summed E-state index contributed by atoms with van der Waals surface area (Å²) >= 11 is 11.4. The quantitative estimate of drug-likeness (QED) is 0.646. The monoisotopic (exact) mass is 295 g/mol. The Hall–Kier alpha value is -0.450. The molecule has 0 saturated heterocycles. The molecule has 0 aromatic heterocycles. The van der Waals surface area contributed by atoms with Crippen LogP contribution in [0.5, 0.6) is 0 Å². The van der Waals surface area contributed by atoms with Crippen molar-refractivity contribution in [3.8, 4) is 0 Å². The maximum absolute atomic E-state index is 11.7. The molecule has 0 amide bonds. The van der Waals surface area contributed by atoms with Gasteiger partial charge in [0.15, 0.2) is 0 Å². The zero-order valence-corrected chi connectivity index (χ0v) is 11.9. The van der Waals surface area contributed by atoms with Gasteiger partial charge in [0.05, 0.1) is 16.5 Å². The minimum atomic E-state index is -3.34. The van der Waals surface area contributed by atoms with Crippen molar-refractivity contribution < 1.29 is 8.42 Å². The molecule has 0 bridgehead atoms. The van der Waals surface area contributed by atoms with E-state index < -0.39 is 10.0 Å². The highest BCUT2D eigenvalue weighted by Gasteiger charge is 2.12. The lowest BCUT2D eigenvalue weighted by molar-refractivity contribution is 0.598. The Morgan fingerprint density at radius 2 is 2.00 bits per heavy atom. The fourth-order valence-corrected chi connectivity index (χ4v) is 2.92. The summed E-state index contributed by atoms with van der Waals surface area (Å²) in [7, 11) is -3.34. The summed E-state index contributed by atoms with van der Waals surface area (Å²) in [5.74, 6) is 0.532. The number of anilines is 1. The first-order valence-corrected chi connectivity index (χ1v) is 7.84. The fraction of sp³-hybridized carbons (Fsp3) is 0.455. The summed E-state index contributed by atoms with van der Waals surface area (Å²) in [5.41, 5.74) is 1.38. The van der Waals surface area contributed by atoms with E-state index in [9.17, 15) is 8.42 Å². The number of alkyl halides is 1. The summed E-state index contributed by atoms with van der Waals surface area (Å²) in [6, 6.07) is 5.21. The van der Waals surface area contributed by atoms with Crippen molar-refractivity contribution in [2.24, 2.45) is 0 Å². The molecular weight excluding hydrogens is 281 g/mol. The predicted octanol–water partition coefficient (Wildman–Crippen LogP) is 3.41. The van der Waals surface area contributed by atoms with Gasteiger partial charge in [-0.3, -0.25) is 4.72 Å². The molecule has 0 unspecified atom stereocenters. The lowest BCUT2D eigenvalue weighted by Gasteiger charge is -2.09. The second kappa shape index (κ2) is 6.47. The van der Waals surface area contributed by atoms with Gasteiger partial charge in [0, 0.05) is 5.88 Å². The Morgan fingerprint density at radius 1 is 1.29 bits per heavy atom. The first kappa shape index (κ1) is 14.6. The molecule has 0 aliphatic heterocycles. The van der Waals surface area contributed by atoms with Crippen LogP contribution in [-0.2, 0) is 10.0 Å². The molecule has 0 heterocycles. The number of hydrogen-bond donors (Lipinski definition) is 1. The Balaban J connectivity index is 2.72. The van der Waals surface area contributed by atoms with E-state index in [4.69, 9.17) is 23.2 Å². The van der Waals surface area contributed by atoms with E-state index in [1.54, 1.807) is 12.1 Å². The van der Waals surface area contributed by atoms with Crippen LogP contribution in [0.25, 0.3) is 0 Å². The van der Waals surface area contributed by atoms with E-state index in [0.717, 1.165) is 5.56 Å². The van der Waals surface area contributed by atoms with Gasteiger partial charge in [0.25, 0.3) is 0 Å². The zero-order chi connectivity index (χ0) is 12.9. The third-order valence-electron chi connectivity index (χ3n) is 2.18. The Kier molecular flexibility index (Phi) is 5.56.